The van der Waals surface area contributed by atoms with Crippen molar-refractivity contribution in [3.63, 3.8) is 0 Å². The molecule has 2 aromatic rings. The zero-order chi connectivity index (χ0) is 21.3. The number of hydrogen-bond acceptors (Lipinski definition) is 5. The van der Waals surface area contributed by atoms with Crippen LogP contribution in [0.1, 0.15) is 22.7 Å². The number of morpholine rings is 1. The molecule has 160 valence electrons. The van der Waals surface area contributed by atoms with Gasteiger partial charge in [-0.1, -0.05) is 42.0 Å². The number of aryl methyl sites for hydroxylation is 1. The lowest BCUT2D eigenvalue weighted by Gasteiger charge is -2.35. The fourth-order valence-corrected chi connectivity index (χ4v) is 3.41. The highest BCUT2D eigenvalue weighted by Gasteiger charge is 2.24. The summed E-state index contributed by atoms with van der Waals surface area (Å²) in [6.07, 6.45) is 0. The Kier molecular flexibility index (Phi) is 7.82. The molecule has 2 amide bonds. The molecule has 2 N–H and O–H groups in total. The molecule has 1 aliphatic rings. The van der Waals surface area contributed by atoms with Crippen molar-refractivity contribution in [1.82, 2.24) is 15.5 Å². The molecule has 0 spiro atoms. The van der Waals surface area contributed by atoms with Crippen LogP contribution in [0.15, 0.2) is 48.5 Å². The number of nitrogens with zero attached hydrogens (tertiary/aromatic N) is 1. The van der Waals surface area contributed by atoms with Gasteiger partial charge in [0.1, 0.15) is 5.75 Å². The first-order valence-corrected chi connectivity index (χ1v) is 10.1. The van der Waals surface area contributed by atoms with E-state index in [0.29, 0.717) is 19.8 Å². The molecule has 30 heavy (non-hydrogen) atoms. The first-order chi connectivity index (χ1) is 14.6. The minimum absolute atomic E-state index is 0.00663. The van der Waals surface area contributed by atoms with Crippen LogP contribution in [0.5, 0.6) is 5.75 Å². The minimum Gasteiger partial charge on any atom is -0.497 e. The van der Waals surface area contributed by atoms with Gasteiger partial charge < -0.3 is 20.1 Å². The van der Waals surface area contributed by atoms with Crippen molar-refractivity contribution in [2.24, 2.45) is 0 Å². The third-order valence-corrected chi connectivity index (χ3v) is 5.22. The van der Waals surface area contributed by atoms with E-state index in [0.717, 1.165) is 30.0 Å². The van der Waals surface area contributed by atoms with Gasteiger partial charge in [0.2, 0.25) is 0 Å². The SMILES string of the molecule is COc1ccc(CNC(=O)C(=O)NC[C@@H](c2ccc(C)cc2)N2CCOCC2)cc1. The average molecular weight is 412 g/mol. The van der Waals surface area contributed by atoms with E-state index in [1.807, 2.05) is 31.2 Å². The van der Waals surface area contributed by atoms with Crippen LogP contribution in [0.25, 0.3) is 0 Å². The number of rotatable bonds is 7. The Morgan fingerprint density at radius 1 is 1.00 bits per heavy atom. The standard InChI is InChI=1S/C23H29N3O4/c1-17-3-7-19(8-4-17)21(26-11-13-30-14-12-26)16-25-23(28)22(27)24-15-18-5-9-20(29-2)10-6-18/h3-10,21H,11-16H2,1-2H3,(H,24,27)(H,25,28)/t21-/m0/s1. The molecule has 0 saturated carbocycles. The van der Waals surface area contributed by atoms with Crippen LogP contribution in [-0.2, 0) is 20.9 Å². The van der Waals surface area contributed by atoms with E-state index in [1.54, 1.807) is 7.11 Å². The summed E-state index contributed by atoms with van der Waals surface area (Å²) in [6.45, 7) is 5.59. The second-order valence-electron chi connectivity index (χ2n) is 7.32. The van der Waals surface area contributed by atoms with Crippen molar-refractivity contribution in [2.75, 3.05) is 40.0 Å². The molecule has 1 heterocycles. The van der Waals surface area contributed by atoms with Crippen molar-refractivity contribution in [3.8, 4) is 5.75 Å². The highest BCUT2D eigenvalue weighted by Crippen LogP contribution is 2.21. The van der Waals surface area contributed by atoms with Crippen LogP contribution in [0.3, 0.4) is 0 Å². The van der Waals surface area contributed by atoms with Gasteiger partial charge in [0.25, 0.3) is 0 Å². The average Bonchev–Trinajstić information content (AvgIpc) is 2.79. The molecule has 7 nitrogen and oxygen atoms in total. The summed E-state index contributed by atoms with van der Waals surface area (Å²) in [5.74, 6) is -0.530. The zero-order valence-electron chi connectivity index (χ0n) is 17.5. The number of ether oxygens (including phenoxy) is 2. The Hall–Kier alpha value is -2.90. The van der Waals surface area contributed by atoms with Crippen molar-refractivity contribution >= 4 is 11.8 Å². The fraction of sp³-hybridized carbons (Fsp3) is 0.391. The van der Waals surface area contributed by atoms with Gasteiger partial charge in [-0.25, -0.2) is 0 Å². The Morgan fingerprint density at radius 3 is 2.27 bits per heavy atom. The van der Waals surface area contributed by atoms with E-state index < -0.39 is 11.8 Å². The van der Waals surface area contributed by atoms with Gasteiger partial charge >= 0.3 is 11.8 Å². The number of amides is 2. The normalized spacial score (nSPS) is 15.3. The van der Waals surface area contributed by atoms with Crippen LogP contribution in [-0.4, -0.2) is 56.7 Å². The number of carbonyl (C=O) groups excluding carboxylic acids is 2. The van der Waals surface area contributed by atoms with Crippen LogP contribution in [0.2, 0.25) is 0 Å². The Bertz CT molecular complexity index is 831. The van der Waals surface area contributed by atoms with Crippen LogP contribution >= 0.6 is 0 Å². The maximum Gasteiger partial charge on any atom is 0.309 e. The topological polar surface area (TPSA) is 79.9 Å². The number of carbonyl (C=O) groups is 2. The second-order valence-corrected chi connectivity index (χ2v) is 7.32. The van der Waals surface area contributed by atoms with Gasteiger partial charge in [-0.2, -0.15) is 0 Å². The van der Waals surface area contributed by atoms with E-state index in [4.69, 9.17) is 9.47 Å². The fourth-order valence-electron chi connectivity index (χ4n) is 3.41. The van der Waals surface area contributed by atoms with Crippen molar-refractivity contribution in [1.29, 1.82) is 0 Å². The lowest BCUT2D eigenvalue weighted by molar-refractivity contribution is -0.139. The van der Waals surface area contributed by atoms with Gasteiger partial charge in [0.15, 0.2) is 0 Å². The number of hydrogen-bond donors (Lipinski definition) is 2. The molecule has 0 aromatic heterocycles. The van der Waals surface area contributed by atoms with E-state index >= 15 is 0 Å². The van der Waals surface area contributed by atoms with Gasteiger partial charge in [-0.15, -0.1) is 0 Å². The van der Waals surface area contributed by atoms with Gasteiger partial charge in [-0.3, -0.25) is 14.5 Å². The molecule has 1 atom stereocenters. The summed E-state index contributed by atoms with van der Waals surface area (Å²) in [5.41, 5.74) is 3.19. The maximum atomic E-state index is 12.4. The summed E-state index contributed by atoms with van der Waals surface area (Å²) in [7, 11) is 1.60. The zero-order valence-corrected chi connectivity index (χ0v) is 17.5. The third-order valence-electron chi connectivity index (χ3n) is 5.22. The molecule has 0 unspecified atom stereocenters. The predicted octanol–water partition coefficient (Wildman–Crippen LogP) is 1.81. The van der Waals surface area contributed by atoms with E-state index in [2.05, 4.69) is 39.8 Å². The van der Waals surface area contributed by atoms with Crippen molar-refractivity contribution < 1.29 is 19.1 Å². The maximum absolute atomic E-state index is 12.4. The molecule has 2 aromatic carbocycles. The quantitative estimate of drug-likeness (QED) is 0.680. The largest absolute Gasteiger partial charge is 0.497 e. The van der Waals surface area contributed by atoms with E-state index in [1.165, 1.54) is 5.56 Å². The molecule has 0 aliphatic carbocycles. The summed E-state index contributed by atoms with van der Waals surface area (Å²) >= 11 is 0. The Morgan fingerprint density at radius 2 is 1.63 bits per heavy atom. The number of methoxy groups -OCH3 is 1. The monoisotopic (exact) mass is 411 g/mol. The molecule has 7 heteroatoms. The minimum atomic E-state index is -0.643. The first-order valence-electron chi connectivity index (χ1n) is 10.1. The van der Waals surface area contributed by atoms with Gasteiger partial charge in [0, 0.05) is 26.2 Å². The van der Waals surface area contributed by atoms with E-state index in [9.17, 15) is 9.59 Å². The van der Waals surface area contributed by atoms with Gasteiger partial charge in [0.05, 0.1) is 26.4 Å². The highest BCUT2D eigenvalue weighted by atomic mass is 16.5. The predicted molar refractivity (Wildman–Crippen MR) is 114 cm³/mol. The summed E-state index contributed by atoms with van der Waals surface area (Å²) in [6, 6.07) is 15.6. The van der Waals surface area contributed by atoms with Crippen LogP contribution < -0.4 is 15.4 Å². The third kappa shape index (κ3) is 6.05. The van der Waals surface area contributed by atoms with Crippen molar-refractivity contribution in [2.45, 2.75) is 19.5 Å². The first kappa shape index (κ1) is 21.8. The molecule has 1 aliphatic heterocycles. The van der Waals surface area contributed by atoms with Gasteiger partial charge in [-0.05, 0) is 30.2 Å². The molecule has 1 saturated heterocycles. The van der Waals surface area contributed by atoms with Crippen molar-refractivity contribution in [3.05, 3.63) is 65.2 Å². The molecular formula is C23H29N3O4. The lowest BCUT2D eigenvalue weighted by Crippen LogP contribution is -2.46. The second kappa shape index (κ2) is 10.8. The summed E-state index contributed by atoms with van der Waals surface area (Å²) in [5, 5.41) is 5.46. The molecule has 3 rings (SSSR count). The molecule has 1 fully saturated rings. The number of benzene rings is 2. The van der Waals surface area contributed by atoms with Crippen LogP contribution in [0.4, 0.5) is 0 Å². The highest BCUT2D eigenvalue weighted by molar-refractivity contribution is 6.35. The summed E-state index contributed by atoms with van der Waals surface area (Å²) < 4.78 is 10.6. The molecule has 0 bridgehead atoms. The lowest BCUT2D eigenvalue weighted by atomic mass is 10.0. The Balaban J connectivity index is 1.55. The smallest absolute Gasteiger partial charge is 0.309 e. The Labute approximate surface area is 177 Å². The number of nitrogens with one attached hydrogen (secondary N) is 2. The van der Waals surface area contributed by atoms with E-state index in [-0.39, 0.29) is 12.6 Å². The molecular weight excluding hydrogens is 382 g/mol. The summed E-state index contributed by atoms with van der Waals surface area (Å²) in [4.78, 5) is 26.9. The van der Waals surface area contributed by atoms with Crippen LogP contribution in [0, 0.1) is 6.92 Å². The molecule has 0 radical (unpaired) electrons.